The summed E-state index contributed by atoms with van der Waals surface area (Å²) < 4.78 is 5.56. The zero-order valence-corrected chi connectivity index (χ0v) is 10.7. The molecule has 1 aliphatic rings. The van der Waals surface area contributed by atoms with Crippen LogP contribution in [0.5, 0.6) is 0 Å². The van der Waals surface area contributed by atoms with Gasteiger partial charge in [0.2, 0.25) is 0 Å². The Bertz CT molecular complexity index is 335. The fourth-order valence-electron chi connectivity index (χ4n) is 2.66. The Kier molecular flexibility index (Phi) is 4.63. The third-order valence-electron chi connectivity index (χ3n) is 3.62. The molecule has 0 unspecified atom stereocenters. The van der Waals surface area contributed by atoms with E-state index in [2.05, 4.69) is 11.8 Å². The highest BCUT2D eigenvalue weighted by molar-refractivity contribution is 5.06. The summed E-state index contributed by atoms with van der Waals surface area (Å²) in [6.07, 6.45) is 6.54. The number of aliphatic hydroxyl groups is 1. The Morgan fingerprint density at radius 2 is 2.24 bits per heavy atom. The lowest BCUT2D eigenvalue weighted by Gasteiger charge is -2.23. The normalized spacial score (nSPS) is 21.2. The first-order chi connectivity index (χ1) is 8.33. The summed E-state index contributed by atoms with van der Waals surface area (Å²) in [4.78, 5) is 2.52. The van der Waals surface area contributed by atoms with Gasteiger partial charge in [-0.3, -0.25) is 4.90 Å². The van der Waals surface area contributed by atoms with Gasteiger partial charge >= 0.3 is 0 Å². The summed E-state index contributed by atoms with van der Waals surface area (Å²) in [5.74, 6) is 1.65. The Morgan fingerprint density at radius 3 is 2.94 bits per heavy atom. The highest BCUT2D eigenvalue weighted by atomic mass is 16.4. The maximum absolute atomic E-state index is 8.97. The van der Waals surface area contributed by atoms with Gasteiger partial charge in [-0.05, 0) is 37.9 Å². The average Bonchev–Trinajstić information content (AvgIpc) is 2.96. The monoisotopic (exact) mass is 237 g/mol. The summed E-state index contributed by atoms with van der Waals surface area (Å²) in [6.45, 7) is 4.33. The van der Waals surface area contributed by atoms with Gasteiger partial charge in [0, 0.05) is 6.04 Å². The van der Waals surface area contributed by atoms with Crippen LogP contribution in [-0.4, -0.2) is 22.6 Å². The van der Waals surface area contributed by atoms with Crippen LogP contribution in [0.25, 0.3) is 0 Å². The minimum Gasteiger partial charge on any atom is -0.462 e. The lowest BCUT2D eigenvalue weighted by Crippen LogP contribution is -2.28. The van der Waals surface area contributed by atoms with Gasteiger partial charge in [-0.15, -0.1) is 0 Å². The molecule has 96 valence electrons. The molecule has 0 radical (unpaired) electrons. The molecule has 0 aromatic carbocycles. The molecular formula is C14H23NO2. The maximum Gasteiger partial charge on any atom is 0.129 e. The number of unbranched alkanes of at least 4 members (excludes halogenated alkanes) is 1. The molecule has 1 saturated heterocycles. The van der Waals surface area contributed by atoms with Gasteiger partial charge in [0.1, 0.15) is 18.1 Å². The average molecular weight is 237 g/mol. The van der Waals surface area contributed by atoms with Crippen LogP contribution in [0.2, 0.25) is 0 Å². The highest BCUT2D eigenvalue weighted by Gasteiger charge is 2.24. The Balaban J connectivity index is 1.88. The summed E-state index contributed by atoms with van der Waals surface area (Å²) in [6, 6.07) is 4.59. The van der Waals surface area contributed by atoms with E-state index in [1.807, 2.05) is 12.1 Å². The van der Waals surface area contributed by atoms with Crippen LogP contribution in [0.15, 0.2) is 16.5 Å². The van der Waals surface area contributed by atoms with Gasteiger partial charge in [0.15, 0.2) is 0 Å². The summed E-state index contributed by atoms with van der Waals surface area (Å²) in [7, 11) is 0. The molecule has 1 fully saturated rings. The third kappa shape index (κ3) is 3.33. The number of aliphatic hydroxyl groups excluding tert-OH is 1. The number of likely N-dealkylation sites (tertiary alicyclic amines) is 1. The fraction of sp³-hybridized carbons (Fsp3) is 0.714. The first kappa shape index (κ1) is 12.7. The smallest absolute Gasteiger partial charge is 0.129 e. The Labute approximate surface area is 103 Å². The van der Waals surface area contributed by atoms with Crippen LogP contribution < -0.4 is 0 Å². The van der Waals surface area contributed by atoms with Gasteiger partial charge in [0.25, 0.3) is 0 Å². The molecule has 1 aliphatic heterocycles. The first-order valence-electron chi connectivity index (χ1n) is 6.76. The second-order valence-corrected chi connectivity index (χ2v) is 4.93. The van der Waals surface area contributed by atoms with Crippen molar-refractivity contribution >= 4 is 0 Å². The van der Waals surface area contributed by atoms with Crippen LogP contribution in [0.1, 0.15) is 50.5 Å². The molecule has 3 heteroatoms. The van der Waals surface area contributed by atoms with Crippen molar-refractivity contribution in [3.05, 3.63) is 23.7 Å². The molecule has 0 aliphatic carbocycles. The van der Waals surface area contributed by atoms with E-state index in [1.165, 1.54) is 38.6 Å². The van der Waals surface area contributed by atoms with Crippen LogP contribution in [0.4, 0.5) is 0 Å². The van der Waals surface area contributed by atoms with Crippen molar-refractivity contribution in [1.82, 2.24) is 4.90 Å². The standard InChI is InChI=1S/C14H23NO2/c1-2-3-5-12-6-4-9-15(12)10-13-7-8-14(11-16)17-13/h7-8,12,16H,2-6,9-11H2,1H3/t12-/m1/s1. The molecule has 0 amide bonds. The van der Waals surface area contributed by atoms with Crippen molar-refractivity contribution in [2.75, 3.05) is 6.54 Å². The van der Waals surface area contributed by atoms with Crippen molar-refractivity contribution in [3.8, 4) is 0 Å². The predicted molar refractivity (Wildman–Crippen MR) is 67.6 cm³/mol. The van der Waals surface area contributed by atoms with E-state index in [-0.39, 0.29) is 6.61 Å². The van der Waals surface area contributed by atoms with Crippen molar-refractivity contribution in [3.63, 3.8) is 0 Å². The van der Waals surface area contributed by atoms with Crippen LogP contribution in [-0.2, 0) is 13.2 Å². The molecule has 3 nitrogen and oxygen atoms in total. The third-order valence-corrected chi connectivity index (χ3v) is 3.62. The number of furan rings is 1. The first-order valence-corrected chi connectivity index (χ1v) is 6.76. The Morgan fingerprint density at radius 1 is 1.41 bits per heavy atom. The van der Waals surface area contributed by atoms with Crippen LogP contribution in [0, 0.1) is 0 Å². The predicted octanol–water partition coefficient (Wildman–Crippen LogP) is 2.93. The SMILES string of the molecule is CCCC[C@@H]1CCCN1Cc1ccc(CO)o1. The summed E-state index contributed by atoms with van der Waals surface area (Å²) in [5.41, 5.74) is 0. The zero-order chi connectivity index (χ0) is 12.1. The van der Waals surface area contributed by atoms with E-state index in [1.54, 1.807) is 0 Å². The van der Waals surface area contributed by atoms with E-state index in [0.29, 0.717) is 5.76 Å². The number of hydrogen-bond donors (Lipinski definition) is 1. The van der Waals surface area contributed by atoms with E-state index in [9.17, 15) is 0 Å². The quantitative estimate of drug-likeness (QED) is 0.826. The molecule has 2 heterocycles. The molecular weight excluding hydrogens is 214 g/mol. The molecule has 1 aromatic rings. The highest BCUT2D eigenvalue weighted by Crippen LogP contribution is 2.24. The summed E-state index contributed by atoms with van der Waals surface area (Å²) in [5, 5.41) is 8.97. The lowest BCUT2D eigenvalue weighted by atomic mass is 10.1. The Hall–Kier alpha value is -0.800. The number of nitrogens with zero attached hydrogens (tertiary/aromatic N) is 1. The van der Waals surface area contributed by atoms with Gasteiger partial charge in [-0.2, -0.15) is 0 Å². The largest absolute Gasteiger partial charge is 0.462 e. The second kappa shape index (κ2) is 6.22. The minimum absolute atomic E-state index is 0.000731. The zero-order valence-electron chi connectivity index (χ0n) is 10.7. The summed E-state index contributed by atoms with van der Waals surface area (Å²) >= 11 is 0. The van der Waals surface area contributed by atoms with E-state index in [0.717, 1.165) is 18.3 Å². The molecule has 17 heavy (non-hydrogen) atoms. The number of hydrogen-bond acceptors (Lipinski definition) is 3. The molecule has 1 aromatic heterocycles. The van der Waals surface area contributed by atoms with Gasteiger partial charge < -0.3 is 9.52 Å². The molecule has 2 rings (SSSR count). The molecule has 1 atom stereocenters. The maximum atomic E-state index is 8.97. The molecule has 1 N–H and O–H groups in total. The van der Waals surface area contributed by atoms with Crippen LogP contribution in [0.3, 0.4) is 0 Å². The fourth-order valence-corrected chi connectivity index (χ4v) is 2.66. The van der Waals surface area contributed by atoms with Crippen molar-refractivity contribution in [2.45, 2.75) is 58.2 Å². The van der Waals surface area contributed by atoms with Gasteiger partial charge in [0.05, 0.1) is 6.54 Å². The van der Waals surface area contributed by atoms with Crippen molar-refractivity contribution in [2.24, 2.45) is 0 Å². The van der Waals surface area contributed by atoms with Crippen molar-refractivity contribution in [1.29, 1.82) is 0 Å². The van der Waals surface area contributed by atoms with Crippen LogP contribution >= 0.6 is 0 Å². The topological polar surface area (TPSA) is 36.6 Å². The molecule has 0 bridgehead atoms. The minimum atomic E-state index is -0.000731. The van der Waals surface area contributed by atoms with Gasteiger partial charge in [-0.25, -0.2) is 0 Å². The van der Waals surface area contributed by atoms with E-state index >= 15 is 0 Å². The second-order valence-electron chi connectivity index (χ2n) is 4.93. The number of rotatable bonds is 6. The molecule has 0 saturated carbocycles. The van der Waals surface area contributed by atoms with Gasteiger partial charge in [-0.1, -0.05) is 19.8 Å². The molecule has 0 spiro atoms. The van der Waals surface area contributed by atoms with E-state index in [4.69, 9.17) is 9.52 Å². The van der Waals surface area contributed by atoms with E-state index < -0.39 is 0 Å². The van der Waals surface area contributed by atoms with Crippen molar-refractivity contribution < 1.29 is 9.52 Å². The lowest BCUT2D eigenvalue weighted by molar-refractivity contribution is 0.201.